The van der Waals surface area contributed by atoms with Gasteiger partial charge in [-0.15, -0.1) is 11.8 Å². The van der Waals surface area contributed by atoms with Gasteiger partial charge in [0.05, 0.1) is 25.1 Å². The van der Waals surface area contributed by atoms with Gasteiger partial charge in [0.25, 0.3) is 0 Å². The van der Waals surface area contributed by atoms with Gasteiger partial charge in [0.15, 0.2) is 0 Å². The Kier molecular flexibility index (Phi) is 6.82. The lowest BCUT2D eigenvalue weighted by molar-refractivity contribution is -0.140. The second-order valence-corrected chi connectivity index (χ2v) is 8.84. The first kappa shape index (κ1) is 21.3. The lowest BCUT2D eigenvalue weighted by Gasteiger charge is -2.27. The third kappa shape index (κ3) is 5.82. The Morgan fingerprint density at radius 3 is 2.48 bits per heavy atom. The molecule has 2 heterocycles. The van der Waals surface area contributed by atoms with Crippen molar-refractivity contribution in [1.29, 1.82) is 0 Å². The standard InChI is InChI=1S/C24H27N3O3S/c1-25-13-5-7-20(25)15-26(16-21-8-6-14-30-21)23(28)17-27(19-11-12-19)24(29)18-31-22-9-3-2-4-10-22/h2-10,13-14,19H,11-12,15-18H2,1H3. The number of thioether (sulfide) groups is 1. The van der Waals surface area contributed by atoms with Crippen LogP contribution in [0, 0.1) is 0 Å². The van der Waals surface area contributed by atoms with Gasteiger partial charge in [-0.05, 0) is 49.2 Å². The maximum absolute atomic E-state index is 13.3. The highest BCUT2D eigenvalue weighted by Gasteiger charge is 2.34. The molecule has 0 atom stereocenters. The Labute approximate surface area is 186 Å². The highest BCUT2D eigenvalue weighted by atomic mass is 32.2. The number of rotatable bonds is 10. The molecule has 0 aliphatic heterocycles. The molecule has 0 bridgehead atoms. The van der Waals surface area contributed by atoms with Gasteiger partial charge in [-0.25, -0.2) is 0 Å². The molecule has 31 heavy (non-hydrogen) atoms. The number of aromatic nitrogens is 1. The van der Waals surface area contributed by atoms with Crippen LogP contribution in [0.4, 0.5) is 0 Å². The van der Waals surface area contributed by atoms with Crippen LogP contribution < -0.4 is 0 Å². The van der Waals surface area contributed by atoms with Crippen molar-refractivity contribution in [3.05, 3.63) is 78.5 Å². The van der Waals surface area contributed by atoms with Gasteiger partial charge < -0.3 is 18.8 Å². The Hall–Kier alpha value is -2.93. The van der Waals surface area contributed by atoms with E-state index in [9.17, 15) is 9.59 Å². The van der Waals surface area contributed by atoms with Crippen LogP contribution in [-0.2, 0) is 29.7 Å². The number of nitrogens with zero attached hydrogens (tertiary/aromatic N) is 3. The summed E-state index contributed by atoms with van der Waals surface area (Å²) in [6.45, 7) is 0.945. The highest BCUT2D eigenvalue weighted by molar-refractivity contribution is 8.00. The van der Waals surface area contributed by atoms with Gasteiger partial charge in [-0.2, -0.15) is 0 Å². The molecule has 4 rings (SSSR count). The SMILES string of the molecule is Cn1cccc1CN(Cc1ccco1)C(=O)CN(C(=O)CSc1ccccc1)C1CC1. The predicted molar refractivity (Wildman–Crippen MR) is 120 cm³/mol. The average molecular weight is 438 g/mol. The van der Waals surface area contributed by atoms with Crippen molar-refractivity contribution in [1.82, 2.24) is 14.4 Å². The summed E-state index contributed by atoms with van der Waals surface area (Å²) in [4.78, 5) is 30.8. The lowest BCUT2D eigenvalue weighted by atomic mass is 10.3. The predicted octanol–water partition coefficient (Wildman–Crippen LogP) is 3.93. The molecule has 1 saturated carbocycles. The Balaban J connectivity index is 1.43. The molecule has 2 amide bonds. The second-order valence-electron chi connectivity index (χ2n) is 7.79. The lowest BCUT2D eigenvalue weighted by Crippen LogP contribution is -2.44. The van der Waals surface area contributed by atoms with Crippen LogP contribution in [0.1, 0.15) is 24.3 Å². The highest BCUT2D eigenvalue weighted by Crippen LogP contribution is 2.28. The zero-order valence-electron chi connectivity index (χ0n) is 17.6. The number of amides is 2. The normalized spacial score (nSPS) is 13.2. The number of furan rings is 1. The fraction of sp³-hybridized carbons (Fsp3) is 0.333. The summed E-state index contributed by atoms with van der Waals surface area (Å²) < 4.78 is 7.48. The van der Waals surface area contributed by atoms with Gasteiger partial charge in [-0.1, -0.05) is 18.2 Å². The van der Waals surface area contributed by atoms with Crippen LogP contribution in [0.3, 0.4) is 0 Å². The number of hydrogen-bond acceptors (Lipinski definition) is 4. The van der Waals surface area contributed by atoms with E-state index in [-0.39, 0.29) is 24.4 Å². The van der Waals surface area contributed by atoms with Gasteiger partial charge in [-0.3, -0.25) is 9.59 Å². The third-order valence-corrected chi connectivity index (χ3v) is 6.40. The molecule has 1 fully saturated rings. The molecule has 1 aliphatic carbocycles. The molecule has 7 heteroatoms. The molecule has 0 radical (unpaired) electrons. The van der Waals surface area contributed by atoms with Crippen LogP contribution in [0.2, 0.25) is 0 Å². The van der Waals surface area contributed by atoms with Crippen LogP contribution >= 0.6 is 11.8 Å². The summed E-state index contributed by atoms with van der Waals surface area (Å²) in [5.74, 6) is 1.01. The molecule has 2 aromatic heterocycles. The largest absolute Gasteiger partial charge is 0.467 e. The fourth-order valence-electron chi connectivity index (χ4n) is 3.48. The minimum Gasteiger partial charge on any atom is -0.467 e. The molecule has 1 aliphatic rings. The van der Waals surface area contributed by atoms with E-state index in [4.69, 9.17) is 4.42 Å². The number of aryl methyl sites for hydroxylation is 1. The van der Waals surface area contributed by atoms with Crippen molar-refractivity contribution < 1.29 is 14.0 Å². The summed E-state index contributed by atoms with van der Waals surface area (Å²) in [6.07, 6.45) is 5.50. The Morgan fingerprint density at radius 1 is 1.03 bits per heavy atom. The monoisotopic (exact) mass is 437 g/mol. The van der Waals surface area contributed by atoms with Crippen molar-refractivity contribution in [2.45, 2.75) is 36.9 Å². The van der Waals surface area contributed by atoms with Crippen LogP contribution in [0.25, 0.3) is 0 Å². The summed E-state index contributed by atoms with van der Waals surface area (Å²) in [5.41, 5.74) is 1.03. The summed E-state index contributed by atoms with van der Waals surface area (Å²) in [7, 11) is 1.96. The zero-order chi connectivity index (χ0) is 21.6. The first-order valence-electron chi connectivity index (χ1n) is 10.5. The van der Waals surface area contributed by atoms with Gasteiger partial charge in [0, 0.05) is 29.9 Å². The van der Waals surface area contributed by atoms with Crippen molar-refractivity contribution >= 4 is 23.6 Å². The van der Waals surface area contributed by atoms with E-state index in [0.717, 1.165) is 29.2 Å². The van der Waals surface area contributed by atoms with Crippen molar-refractivity contribution in [3.63, 3.8) is 0 Å². The molecular weight excluding hydrogens is 410 g/mol. The van der Waals surface area contributed by atoms with Gasteiger partial charge in [0.2, 0.25) is 11.8 Å². The van der Waals surface area contributed by atoms with Crippen molar-refractivity contribution in [3.8, 4) is 0 Å². The topological polar surface area (TPSA) is 58.7 Å². The number of hydrogen-bond donors (Lipinski definition) is 0. The van der Waals surface area contributed by atoms with Crippen LogP contribution in [0.5, 0.6) is 0 Å². The van der Waals surface area contributed by atoms with E-state index in [1.165, 1.54) is 11.8 Å². The van der Waals surface area contributed by atoms with E-state index in [0.29, 0.717) is 18.8 Å². The zero-order valence-corrected chi connectivity index (χ0v) is 18.5. The van der Waals surface area contributed by atoms with E-state index in [1.807, 2.05) is 72.4 Å². The molecule has 0 saturated heterocycles. The van der Waals surface area contributed by atoms with E-state index < -0.39 is 0 Å². The average Bonchev–Trinajstić information content (AvgIpc) is 3.34. The van der Waals surface area contributed by atoms with E-state index in [2.05, 4.69) is 0 Å². The van der Waals surface area contributed by atoms with Crippen LogP contribution in [-0.4, -0.2) is 44.5 Å². The number of carbonyl (C=O) groups is 2. The van der Waals surface area contributed by atoms with Gasteiger partial charge >= 0.3 is 0 Å². The second kappa shape index (κ2) is 9.92. The Bertz CT molecular complexity index is 996. The molecule has 6 nitrogen and oxygen atoms in total. The van der Waals surface area contributed by atoms with Crippen LogP contribution in [0.15, 0.2) is 76.4 Å². The van der Waals surface area contributed by atoms with Crippen molar-refractivity contribution in [2.75, 3.05) is 12.3 Å². The van der Waals surface area contributed by atoms with Gasteiger partial charge in [0.1, 0.15) is 12.3 Å². The summed E-state index contributed by atoms with van der Waals surface area (Å²) in [6, 6.07) is 17.7. The first-order valence-corrected chi connectivity index (χ1v) is 11.5. The number of benzene rings is 1. The quantitative estimate of drug-likeness (QED) is 0.451. The minimum absolute atomic E-state index is 0.0153. The molecule has 162 valence electrons. The smallest absolute Gasteiger partial charge is 0.242 e. The summed E-state index contributed by atoms with van der Waals surface area (Å²) in [5, 5.41) is 0. The Morgan fingerprint density at radius 2 is 1.84 bits per heavy atom. The maximum atomic E-state index is 13.3. The van der Waals surface area contributed by atoms with Crippen molar-refractivity contribution in [2.24, 2.45) is 7.05 Å². The number of carbonyl (C=O) groups excluding carboxylic acids is 2. The fourth-order valence-corrected chi connectivity index (χ4v) is 4.28. The molecule has 0 unspecified atom stereocenters. The molecule has 1 aromatic carbocycles. The molecule has 3 aromatic rings. The molecule has 0 spiro atoms. The van der Waals surface area contributed by atoms with E-state index in [1.54, 1.807) is 16.1 Å². The maximum Gasteiger partial charge on any atom is 0.242 e. The molecule has 0 N–H and O–H groups in total. The van der Waals surface area contributed by atoms with E-state index >= 15 is 0 Å². The minimum atomic E-state index is -0.0671. The first-order chi connectivity index (χ1) is 15.1. The third-order valence-electron chi connectivity index (χ3n) is 5.40. The molecular formula is C24H27N3O3S. The summed E-state index contributed by atoms with van der Waals surface area (Å²) >= 11 is 1.51.